The van der Waals surface area contributed by atoms with Crippen LogP contribution in [0.25, 0.3) is 11.0 Å². The van der Waals surface area contributed by atoms with E-state index in [1.807, 2.05) is 61.5 Å². The van der Waals surface area contributed by atoms with Crippen molar-refractivity contribution < 1.29 is 19.1 Å². The van der Waals surface area contributed by atoms with Crippen molar-refractivity contribution >= 4 is 28.8 Å². The number of ether oxygens (including phenoxy) is 1. The molecule has 1 heterocycles. The Labute approximate surface area is 186 Å². The molecule has 0 saturated carbocycles. The van der Waals surface area contributed by atoms with Gasteiger partial charge in [0, 0.05) is 25.5 Å². The Morgan fingerprint density at radius 2 is 1.53 bits per heavy atom. The van der Waals surface area contributed by atoms with Crippen molar-refractivity contribution in [2.45, 2.75) is 38.3 Å². The van der Waals surface area contributed by atoms with Crippen molar-refractivity contribution in [1.82, 2.24) is 20.6 Å². The molecule has 3 aromatic rings. The SMILES string of the molecule is COC(=O)[C@@H](Cc1cnc2ccccc2n1)NC(=O)CCC(=O)N[C@H](C)c1ccccc1. The molecule has 0 saturated heterocycles. The largest absolute Gasteiger partial charge is 0.467 e. The molecule has 0 bridgehead atoms. The van der Waals surface area contributed by atoms with Gasteiger partial charge in [0.15, 0.2) is 0 Å². The third-order valence-electron chi connectivity index (χ3n) is 4.99. The zero-order valence-corrected chi connectivity index (χ0v) is 18.1. The Morgan fingerprint density at radius 3 is 2.22 bits per heavy atom. The minimum atomic E-state index is -0.922. The molecule has 32 heavy (non-hydrogen) atoms. The number of fused-ring (bicyclic) bond motifs is 1. The summed E-state index contributed by atoms with van der Waals surface area (Å²) < 4.78 is 4.82. The second-order valence-electron chi connectivity index (χ2n) is 7.40. The quantitative estimate of drug-likeness (QED) is 0.501. The zero-order chi connectivity index (χ0) is 22.9. The molecule has 166 valence electrons. The molecule has 8 nitrogen and oxygen atoms in total. The predicted molar refractivity (Wildman–Crippen MR) is 119 cm³/mol. The highest BCUT2D eigenvalue weighted by molar-refractivity contribution is 5.87. The average molecular weight is 434 g/mol. The van der Waals surface area contributed by atoms with Crippen LogP contribution in [-0.4, -0.2) is 40.9 Å². The molecule has 2 N–H and O–H groups in total. The number of hydrogen-bond donors (Lipinski definition) is 2. The summed E-state index contributed by atoms with van der Waals surface area (Å²) in [5.41, 5.74) is 2.97. The van der Waals surface area contributed by atoms with Crippen LogP contribution in [0.4, 0.5) is 0 Å². The number of amides is 2. The summed E-state index contributed by atoms with van der Waals surface area (Å²) in [6.45, 7) is 1.88. The van der Waals surface area contributed by atoms with E-state index in [4.69, 9.17) is 4.74 Å². The fourth-order valence-corrected chi connectivity index (χ4v) is 3.27. The Balaban J connectivity index is 1.54. The van der Waals surface area contributed by atoms with E-state index in [9.17, 15) is 14.4 Å². The molecule has 2 amide bonds. The molecule has 2 atom stereocenters. The van der Waals surface area contributed by atoms with Crippen molar-refractivity contribution in [3.63, 3.8) is 0 Å². The molecule has 0 spiro atoms. The van der Waals surface area contributed by atoms with Crippen LogP contribution in [0, 0.1) is 0 Å². The second kappa shape index (κ2) is 11.0. The lowest BCUT2D eigenvalue weighted by atomic mass is 10.1. The van der Waals surface area contributed by atoms with E-state index in [2.05, 4.69) is 20.6 Å². The van der Waals surface area contributed by atoms with Crippen LogP contribution in [0.5, 0.6) is 0 Å². The first-order chi connectivity index (χ1) is 15.5. The number of methoxy groups -OCH3 is 1. The van der Waals surface area contributed by atoms with Crippen LogP contribution in [0.15, 0.2) is 60.8 Å². The van der Waals surface area contributed by atoms with Gasteiger partial charge in [-0.15, -0.1) is 0 Å². The maximum atomic E-state index is 12.4. The number of aromatic nitrogens is 2. The van der Waals surface area contributed by atoms with Crippen LogP contribution in [0.2, 0.25) is 0 Å². The zero-order valence-electron chi connectivity index (χ0n) is 18.1. The summed E-state index contributed by atoms with van der Waals surface area (Å²) in [5.74, 6) is -1.25. The predicted octanol–water partition coefficient (Wildman–Crippen LogP) is 2.49. The van der Waals surface area contributed by atoms with Crippen LogP contribution in [0.3, 0.4) is 0 Å². The fourth-order valence-electron chi connectivity index (χ4n) is 3.27. The Bertz CT molecular complexity index is 1090. The normalized spacial score (nSPS) is 12.6. The number of hydrogen-bond acceptors (Lipinski definition) is 6. The Morgan fingerprint density at radius 1 is 0.906 bits per heavy atom. The van der Waals surface area contributed by atoms with Gasteiger partial charge in [-0.25, -0.2) is 9.78 Å². The molecule has 0 aliphatic heterocycles. The molecule has 8 heteroatoms. The van der Waals surface area contributed by atoms with Gasteiger partial charge >= 0.3 is 5.97 Å². The summed E-state index contributed by atoms with van der Waals surface area (Å²) >= 11 is 0. The average Bonchev–Trinajstić information content (AvgIpc) is 2.82. The van der Waals surface area contributed by atoms with Gasteiger partial charge in [0.25, 0.3) is 0 Å². The van der Waals surface area contributed by atoms with Gasteiger partial charge in [-0.1, -0.05) is 42.5 Å². The molecule has 0 radical (unpaired) electrons. The maximum Gasteiger partial charge on any atom is 0.328 e. The number of carbonyl (C=O) groups is 3. The van der Waals surface area contributed by atoms with E-state index in [0.717, 1.165) is 11.1 Å². The molecule has 2 aromatic carbocycles. The monoisotopic (exact) mass is 434 g/mol. The molecule has 3 rings (SSSR count). The molecule has 0 aliphatic rings. The van der Waals surface area contributed by atoms with E-state index in [-0.39, 0.29) is 31.2 Å². The summed E-state index contributed by atoms with van der Waals surface area (Å²) in [7, 11) is 1.26. The maximum absolute atomic E-state index is 12.4. The highest BCUT2D eigenvalue weighted by atomic mass is 16.5. The lowest BCUT2D eigenvalue weighted by molar-refractivity contribution is -0.145. The first-order valence-corrected chi connectivity index (χ1v) is 10.4. The number of para-hydroxylation sites is 2. The highest BCUT2D eigenvalue weighted by Crippen LogP contribution is 2.12. The third kappa shape index (κ3) is 6.34. The molecule has 0 fully saturated rings. The van der Waals surface area contributed by atoms with Gasteiger partial charge in [-0.05, 0) is 24.6 Å². The van der Waals surface area contributed by atoms with Gasteiger partial charge in [-0.2, -0.15) is 0 Å². The summed E-state index contributed by atoms with van der Waals surface area (Å²) in [6, 6.07) is 15.9. The van der Waals surface area contributed by atoms with Crippen molar-refractivity contribution in [1.29, 1.82) is 0 Å². The minimum Gasteiger partial charge on any atom is -0.467 e. The van der Waals surface area contributed by atoms with Gasteiger partial charge < -0.3 is 15.4 Å². The lowest BCUT2D eigenvalue weighted by Crippen LogP contribution is -2.43. The summed E-state index contributed by atoms with van der Waals surface area (Å²) in [4.78, 5) is 45.6. The van der Waals surface area contributed by atoms with E-state index in [1.54, 1.807) is 6.20 Å². The number of rotatable bonds is 9. The van der Waals surface area contributed by atoms with Crippen LogP contribution >= 0.6 is 0 Å². The lowest BCUT2D eigenvalue weighted by Gasteiger charge is -2.17. The summed E-state index contributed by atoms with van der Waals surface area (Å²) in [5, 5.41) is 5.51. The highest BCUT2D eigenvalue weighted by Gasteiger charge is 2.23. The number of esters is 1. The van der Waals surface area contributed by atoms with E-state index >= 15 is 0 Å². The minimum absolute atomic E-state index is 0.00663. The topological polar surface area (TPSA) is 110 Å². The number of nitrogens with zero attached hydrogens (tertiary/aromatic N) is 2. The molecular weight excluding hydrogens is 408 g/mol. The summed E-state index contributed by atoms with van der Waals surface area (Å²) in [6.07, 6.45) is 1.66. The Kier molecular flexibility index (Phi) is 7.85. The van der Waals surface area contributed by atoms with E-state index in [0.29, 0.717) is 11.2 Å². The van der Waals surface area contributed by atoms with Crippen LogP contribution in [-0.2, 0) is 25.5 Å². The van der Waals surface area contributed by atoms with Gasteiger partial charge in [0.2, 0.25) is 11.8 Å². The fraction of sp³-hybridized carbons (Fsp3) is 0.292. The van der Waals surface area contributed by atoms with Crippen LogP contribution in [0.1, 0.15) is 37.1 Å². The van der Waals surface area contributed by atoms with Crippen LogP contribution < -0.4 is 10.6 Å². The van der Waals surface area contributed by atoms with E-state index < -0.39 is 17.9 Å². The molecule has 0 aliphatic carbocycles. The molecule has 1 aromatic heterocycles. The first-order valence-electron chi connectivity index (χ1n) is 10.4. The number of nitrogens with one attached hydrogen (secondary N) is 2. The number of carbonyl (C=O) groups excluding carboxylic acids is 3. The number of benzene rings is 2. The van der Waals surface area contributed by atoms with E-state index in [1.165, 1.54) is 7.11 Å². The first kappa shape index (κ1) is 22.9. The van der Waals surface area contributed by atoms with Crippen molar-refractivity contribution in [3.8, 4) is 0 Å². The molecular formula is C24H26N4O4. The van der Waals surface area contributed by atoms with Gasteiger partial charge in [-0.3, -0.25) is 14.6 Å². The van der Waals surface area contributed by atoms with Gasteiger partial charge in [0.05, 0.1) is 29.9 Å². The van der Waals surface area contributed by atoms with Crippen molar-refractivity contribution in [2.75, 3.05) is 7.11 Å². The van der Waals surface area contributed by atoms with Gasteiger partial charge in [0.1, 0.15) is 6.04 Å². The van der Waals surface area contributed by atoms with Crippen molar-refractivity contribution in [2.24, 2.45) is 0 Å². The molecule has 0 unspecified atom stereocenters. The second-order valence-corrected chi connectivity index (χ2v) is 7.40. The third-order valence-corrected chi connectivity index (χ3v) is 4.99. The standard InChI is InChI=1S/C24H26N4O4/c1-16(17-8-4-3-5-9-17)26-22(29)12-13-23(30)28-21(24(31)32-2)14-18-15-25-19-10-6-7-11-20(19)27-18/h3-11,15-16,21H,12-14H2,1-2H3,(H,26,29)(H,28,30)/t16-,21-/m1/s1. The van der Waals surface area contributed by atoms with Crippen molar-refractivity contribution in [3.05, 3.63) is 72.1 Å². The smallest absolute Gasteiger partial charge is 0.328 e. The Hall–Kier alpha value is -3.81.